The molecular weight excluding hydrogens is 448 g/mol. The van der Waals surface area contributed by atoms with Crippen LogP contribution in [0, 0.1) is 5.92 Å². The second-order valence-electron chi connectivity index (χ2n) is 8.52. The van der Waals surface area contributed by atoms with Crippen LogP contribution in [0.4, 0.5) is 10.5 Å². The van der Waals surface area contributed by atoms with E-state index < -0.39 is 0 Å². The first kappa shape index (κ1) is 23.8. The topological polar surface area (TPSA) is 82.3 Å². The summed E-state index contributed by atoms with van der Waals surface area (Å²) in [6.07, 6.45) is 0.573. The van der Waals surface area contributed by atoms with Crippen molar-refractivity contribution in [3.8, 4) is 0 Å². The van der Waals surface area contributed by atoms with Crippen LogP contribution in [0.1, 0.15) is 23.5 Å². The van der Waals surface area contributed by atoms with Crippen LogP contribution in [-0.4, -0.2) is 37.6 Å². The lowest BCUT2D eigenvalue weighted by Crippen LogP contribution is -2.53. The summed E-state index contributed by atoms with van der Waals surface area (Å²) in [5, 5.41) is 12.7. The Hall–Kier alpha value is -3.35. The van der Waals surface area contributed by atoms with Crippen LogP contribution in [0.3, 0.4) is 0 Å². The molecule has 1 aliphatic rings. The first-order valence-corrected chi connectivity index (χ1v) is 11.9. The second-order valence-corrected chi connectivity index (χ2v) is 8.95. The minimum absolute atomic E-state index is 0.00823. The first-order valence-electron chi connectivity index (χ1n) is 11.5. The fourth-order valence-corrected chi connectivity index (χ4v) is 4.51. The molecule has 7 heteroatoms. The molecule has 1 fully saturated rings. The van der Waals surface area contributed by atoms with Gasteiger partial charge in [0.15, 0.2) is 0 Å². The molecule has 34 heavy (non-hydrogen) atoms. The highest BCUT2D eigenvalue weighted by Gasteiger charge is 2.28. The number of halogens is 1. The summed E-state index contributed by atoms with van der Waals surface area (Å²) >= 11 is 5.98. The Kier molecular flexibility index (Phi) is 8.17. The summed E-state index contributed by atoms with van der Waals surface area (Å²) in [7, 11) is 0. The zero-order valence-corrected chi connectivity index (χ0v) is 19.6. The van der Waals surface area contributed by atoms with E-state index >= 15 is 0 Å². The molecule has 1 heterocycles. The third-order valence-electron chi connectivity index (χ3n) is 6.02. The van der Waals surface area contributed by atoms with E-state index in [9.17, 15) is 9.59 Å². The van der Waals surface area contributed by atoms with Crippen LogP contribution < -0.4 is 21.3 Å². The number of amides is 3. The molecule has 3 aromatic rings. The Morgan fingerprint density at radius 3 is 2.24 bits per heavy atom. The Bertz CT molecular complexity index is 1050. The van der Waals surface area contributed by atoms with E-state index in [1.54, 1.807) is 24.3 Å². The summed E-state index contributed by atoms with van der Waals surface area (Å²) in [5.41, 5.74) is 2.94. The number of benzene rings is 3. The van der Waals surface area contributed by atoms with Gasteiger partial charge in [0, 0.05) is 42.3 Å². The minimum Gasteiger partial charge on any atom is -0.355 e. The lowest BCUT2D eigenvalue weighted by Gasteiger charge is -2.30. The summed E-state index contributed by atoms with van der Waals surface area (Å²) in [5.74, 6) is -0.163. The molecule has 0 unspecified atom stereocenters. The van der Waals surface area contributed by atoms with Crippen molar-refractivity contribution in [1.82, 2.24) is 16.0 Å². The highest BCUT2D eigenvalue weighted by molar-refractivity contribution is 6.30. The van der Waals surface area contributed by atoms with Gasteiger partial charge in [0.05, 0.1) is 5.92 Å². The number of nitrogens with one attached hydrogen (secondary N) is 4. The third-order valence-corrected chi connectivity index (χ3v) is 6.26. The normalized spacial score (nSPS) is 17.7. The van der Waals surface area contributed by atoms with Crippen molar-refractivity contribution in [3.63, 3.8) is 0 Å². The highest BCUT2D eigenvalue weighted by Crippen LogP contribution is 2.24. The number of urea groups is 1. The molecule has 0 aromatic heterocycles. The molecule has 1 saturated heterocycles. The Balaban J connectivity index is 1.33. The highest BCUT2D eigenvalue weighted by atomic mass is 35.5. The zero-order valence-electron chi connectivity index (χ0n) is 18.8. The molecule has 4 rings (SSSR count). The van der Waals surface area contributed by atoms with Crippen LogP contribution in [0.25, 0.3) is 0 Å². The van der Waals surface area contributed by atoms with Gasteiger partial charge in [-0.2, -0.15) is 0 Å². The number of carbonyl (C=O) groups excluding carboxylic acids is 2. The maximum atomic E-state index is 13.0. The molecule has 3 amide bonds. The van der Waals surface area contributed by atoms with Gasteiger partial charge >= 0.3 is 6.03 Å². The van der Waals surface area contributed by atoms with Crippen LogP contribution in [0.2, 0.25) is 5.02 Å². The van der Waals surface area contributed by atoms with Gasteiger partial charge < -0.3 is 21.3 Å². The van der Waals surface area contributed by atoms with Crippen LogP contribution in [-0.2, 0) is 4.79 Å². The standard InChI is InChI=1S/C27H29ClN4O2/c28-22-12-7-13-23(15-22)31-27(34)32-24-14-21(16-29-17-24)26(33)30-18-25(19-8-3-1-4-9-19)20-10-5-2-6-11-20/h1-13,15,21,24-25,29H,14,16-18H2,(H,30,33)(H2,31,32,34)/t21-,24+/m0/s1. The van der Waals surface area contributed by atoms with Gasteiger partial charge in [0.25, 0.3) is 0 Å². The molecule has 4 N–H and O–H groups in total. The molecule has 6 nitrogen and oxygen atoms in total. The van der Waals surface area contributed by atoms with E-state index in [1.165, 1.54) is 0 Å². The van der Waals surface area contributed by atoms with Gasteiger partial charge in [-0.15, -0.1) is 0 Å². The van der Waals surface area contributed by atoms with Crippen molar-refractivity contribution >= 4 is 29.2 Å². The molecule has 176 valence electrons. The maximum absolute atomic E-state index is 13.0. The first-order chi connectivity index (χ1) is 16.6. The summed E-state index contributed by atoms with van der Waals surface area (Å²) in [4.78, 5) is 25.4. The SMILES string of the molecule is O=C(Nc1cccc(Cl)c1)N[C@H]1CNC[C@@H](C(=O)NCC(c2ccccc2)c2ccccc2)C1. The molecule has 2 atom stereocenters. The largest absolute Gasteiger partial charge is 0.355 e. The number of anilines is 1. The molecule has 0 spiro atoms. The van der Waals surface area contributed by atoms with Gasteiger partial charge in [0.2, 0.25) is 5.91 Å². The second kappa shape index (κ2) is 11.7. The number of carbonyl (C=O) groups is 2. The number of hydrogen-bond donors (Lipinski definition) is 4. The average molecular weight is 477 g/mol. The smallest absolute Gasteiger partial charge is 0.319 e. The molecule has 0 bridgehead atoms. The van der Waals surface area contributed by atoms with Crippen molar-refractivity contribution in [1.29, 1.82) is 0 Å². The fraction of sp³-hybridized carbons (Fsp3) is 0.259. The Morgan fingerprint density at radius 1 is 0.912 bits per heavy atom. The molecular formula is C27H29ClN4O2. The summed E-state index contributed by atoms with van der Waals surface area (Å²) in [6.45, 7) is 1.71. The molecule has 0 aliphatic carbocycles. The lowest BCUT2D eigenvalue weighted by atomic mass is 9.90. The Morgan fingerprint density at radius 2 is 1.59 bits per heavy atom. The summed E-state index contributed by atoms with van der Waals surface area (Å²) < 4.78 is 0. The minimum atomic E-state index is -0.316. The average Bonchev–Trinajstić information content (AvgIpc) is 2.85. The predicted octanol–water partition coefficient (Wildman–Crippen LogP) is 4.39. The van der Waals surface area contributed by atoms with E-state index in [0.29, 0.717) is 36.8 Å². The summed E-state index contributed by atoms with van der Waals surface area (Å²) in [6, 6.07) is 26.9. The van der Waals surface area contributed by atoms with E-state index in [0.717, 1.165) is 11.1 Å². The van der Waals surface area contributed by atoms with Crippen molar-refractivity contribution in [2.45, 2.75) is 18.4 Å². The maximum Gasteiger partial charge on any atom is 0.319 e. The molecule has 1 aliphatic heterocycles. The molecule has 0 radical (unpaired) electrons. The fourth-order valence-electron chi connectivity index (χ4n) is 4.32. The predicted molar refractivity (Wildman–Crippen MR) is 136 cm³/mol. The van der Waals surface area contributed by atoms with Crippen LogP contribution in [0.15, 0.2) is 84.9 Å². The van der Waals surface area contributed by atoms with E-state index in [1.807, 2.05) is 36.4 Å². The zero-order chi connectivity index (χ0) is 23.8. The van der Waals surface area contributed by atoms with Crippen molar-refractivity contribution in [2.24, 2.45) is 5.92 Å². The number of rotatable bonds is 7. The Labute approximate surface area is 205 Å². The molecule has 3 aromatic carbocycles. The van der Waals surface area contributed by atoms with E-state index in [-0.39, 0.29) is 29.8 Å². The van der Waals surface area contributed by atoms with Crippen LogP contribution in [0.5, 0.6) is 0 Å². The van der Waals surface area contributed by atoms with Crippen molar-refractivity contribution in [2.75, 3.05) is 25.0 Å². The van der Waals surface area contributed by atoms with E-state index in [2.05, 4.69) is 45.5 Å². The number of hydrogen-bond acceptors (Lipinski definition) is 3. The molecule has 0 saturated carbocycles. The number of piperidine rings is 1. The van der Waals surface area contributed by atoms with Gasteiger partial charge in [-0.05, 0) is 35.7 Å². The lowest BCUT2D eigenvalue weighted by molar-refractivity contribution is -0.125. The van der Waals surface area contributed by atoms with Gasteiger partial charge in [-0.1, -0.05) is 78.3 Å². The quantitative estimate of drug-likeness (QED) is 0.408. The third kappa shape index (κ3) is 6.59. The van der Waals surface area contributed by atoms with Gasteiger partial charge in [-0.25, -0.2) is 4.79 Å². The van der Waals surface area contributed by atoms with E-state index in [4.69, 9.17) is 11.6 Å². The van der Waals surface area contributed by atoms with Gasteiger partial charge in [-0.3, -0.25) is 4.79 Å². The van der Waals surface area contributed by atoms with Gasteiger partial charge in [0.1, 0.15) is 0 Å². The van der Waals surface area contributed by atoms with Crippen LogP contribution >= 0.6 is 11.6 Å². The van der Waals surface area contributed by atoms with Crippen molar-refractivity contribution in [3.05, 3.63) is 101 Å². The van der Waals surface area contributed by atoms with Crippen molar-refractivity contribution < 1.29 is 9.59 Å². The monoisotopic (exact) mass is 476 g/mol.